The van der Waals surface area contributed by atoms with Crippen LogP contribution in [-0.4, -0.2) is 52.3 Å². The molecule has 0 saturated carbocycles. The average Bonchev–Trinajstić information content (AvgIpc) is 3.20. The highest BCUT2D eigenvalue weighted by molar-refractivity contribution is 6.05. The van der Waals surface area contributed by atoms with E-state index in [1.54, 1.807) is 18.2 Å². The molecular weight excluding hydrogens is 487 g/mol. The number of hydrogen-bond acceptors (Lipinski definition) is 5. The molecule has 2 aromatic carbocycles. The van der Waals surface area contributed by atoms with E-state index in [-0.39, 0.29) is 50.8 Å². The van der Waals surface area contributed by atoms with Crippen LogP contribution in [0.25, 0.3) is 0 Å². The molecule has 0 aliphatic carbocycles. The Kier molecular flexibility index (Phi) is 6.94. The smallest absolute Gasteiger partial charge is 0.404 e. The summed E-state index contributed by atoms with van der Waals surface area (Å²) in [6, 6.07) is 10.4. The predicted molar refractivity (Wildman–Crippen MR) is 127 cm³/mol. The first-order chi connectivity index (χ1) is 17.7. The van der Waals surface area contributed by atoms with Gasteiger partial charge in [0, 0.05) is 24.1 Å². The van der Waals surface area contributed by atoms with Gasteiger partial charge in [-0.1, -0.05) is 36.8 Å². The minimum absolute atomic E-state index is 0.139. The summed E-state index contributed by atoms with van der Waals surface area (Å²) < 4.78 is 46.2. The van der Waals surface area contributed by atoms with Crippen LogP contribution in [0.2, 0.25) is 0 Å². The third-order valence-electron chi connectivity index (χ3n) is 7.33. The van der Waals surface area contributed by atoms with Crippen molar-refractivity contribution in [2.75, 3.05) is 6.54 Å². The van der Waals surface area contributed by atoms with Crippen molar-refractivity contribution in [1.82, 2.24) is 15.1 Å². The van der Waals surface area contributed by atoms with Crippen molar-refractivity contribution in [3.8, 4) is 5.75 Å². The first-order valence-corrected chi connectivity index (χ1v) is 12.5. The van der Waals surface area contributed by atoms with Crippen LogP contribution < -0.4 is 10.1 Å². The van der Waals surface area contributed by atoms with Gasteiger partial charge in [-0.25, -0.2) is 0 Å². The molecule has 1 unspecified atom stereocenters. The maximum Gasteiger partial charge on any atom is 0.404 e. The predicted octanol–water partition coefficient (Wildman–Crippen LogP) is 3.94. The van der Waals surface area contributed by atoms with Gasteiger partial charge in [-0.15, -0.1) is 0 Å². The highest BCUT2D eigenvalue weighted by Crippen LogP contribution is 2.35. The maximum atomic E-state index is 13.4. The molecule has 2 fully saturated rings. The van der Waals surface area contributed by atoms with Gasteiger partial charge in [-0.2, -0.15) is 13.2 Å². The summed E-state index contributed by atoms with van der Waals surface area (Å²) in [5.74, 6) is -0.539. The molecule has 7 nitrogen and oxygen atoms in total. The Labute approximate surface area is 212 Å². The van der Waals surface area contributed by atoms with Crippen LogP contribution in [0.1, 0.15) is 59.2 Å². The van der Waals surface area contributed by atoms with E-state index in [1.807, 2.05) is 24.3 Å². The zero-order valence-corrected chi connectivity index (χ0v) is 20.2. The summed E-state index contributed by atoms with van der Waals surface area (Å²) >= 11 is 0. The minimum Gasteiger partial charge on any atom is -0.489 e. The number of hydrogen-bond donors (Lipinski definition) is 1. The number of piperidine rings is 2. The minimum atomic E-state index is -4.22. The normalized spacial score (nSPS) is 22.7. The SMILES string of the molecule is O=C1CCC(N2Cc3c(OCc4ccc(CN5CCCC[C@H]5C(F)(F)F)cc4)cccc3C2=O)C(=O)N1. The van der Waals surface area contributed by atoms with Crippen LogP contribution in [0, 0.1) is 0 Å². The molecule has 10 heteroatoms. The fourth-order valence-electron chi connectivity index (χ4n) is 5.38. The Bertz CT molecular complexity index is 1200. The number of benzene rings is 2. The molecule has 0 spiro atoms. The lowest BCUT2D eigenvalue weighted by molar-refractivity contribution is -0.192. The Morgan fingerprint density at radius 2 is 1.73 bits per heavy atom. The molecule has 0 bridgehead atoms. The Balaban J connectivity index is 1.22. The van der Waals surface area contributed by atoms with Gasteiger partial charge in [-0.3, -0.25) is 24.6 Å². The number of fused-ring (bicyclic) bond motifs is 1. The van der Waals surface area contributed by atoms with E-state index < -0.39 is 24.2 Å². The molecule has 3 aliphatic heterocycles. The van der Waals surface area contributed by atoms with Crippen LogP contribution in [0.3, 0.4) is 0 Å². The van der Waals surface area contributed by atoms with Gasteiger partial charge in [0.05, 0.1) is 6.54 Å². The number of amides is 3. The number of imide groups is 1. The van der Waals surface area contributed by atoms with E-state index in [0.29, 0.717) is 29.8 Å². The number of nitrogens with zero attached hydrogens (tertiary/aromatic N) is 2. The van der Waals surface area contributed by atoms with E-state index >= 15 is 0 Å². The quantitative estimate of drug-likeness (QED) is 0.590. The zero-order valence-electron chi connectivity index (χ0n) is 20.2. The van der Waals surface area contributed by atoms with E-state index in [0.717, 1.165) is 17.5 Å². The number of nitrogens with one attached hydrogen (secondary N) is 1. The molecule has 2 saturated heterocycles. The second kappa shape index (κ2) is 10.2. The largest absolute Gasteiger partial charge is 0.489 e. The zero-order chi connectivity index (χ0) is 26.2. The van der Waals surface area contributed by atoms with Crippen molar-refractivity contribution in [2.45, 2.75) is 70.1 Å². The standard InChI is InChI=1S/C27H28F3N3O4/c28-27(29,30)23-6-1-2-13-32(23)14-17-7-9-18(10-8-17)16-37-22-5-3-4-19-20(22)15-33(26(19)36)21-11-12-24(34)31-25(21)35/h3-5,7-10,21,23H,1-2,6,11-16H2,(H,31,34,35)/t21?,23-/m0/s1. The van der Waals surface area contributed by atoms with Crippen LogP contribution in [-0.2, 0) is 29.3 Å². The average molecular weight is 516 g/mol. The van der Waals surface area contributed by atoms with E-state index in [4.69, 9.17) is 4.74 Å². The second-order valence-corrected chi connectivity index (χ2v) is 9.81. The molecule has 2 atom stereocenters. The summed E-state index contributed by atoms with van der Waals surface area (Å²) in [6.45, 7) is 1.11. The molecule has 3 aliphatic rings. The van der Waals surface area contributed by atoms with E-state index in [2.05, 4.69) is 5.32 Å². The number of carbonyl (C=O) groups is 3. The van der Waals surface area contributed by atoms with Gasteiger partial charge in [0.1, 0.15) is 24.4 Å². The summed E-state index contributed by atoms with van der Waals surface area (Å²) in [5, 5.41) is 2.29. The highest BCUT2D eigenvalue weighted by Gasteiger charge is 2.44. The summed E-state index contributed by atoms with van der Waals surface area (Å²) in [4.78, 5) is 39.7. The van der Waals surface area contributed by atoms with Crippen LogP contribution >= 0.6 is 0 Å². The van der Waals surface area contributed by atoms with Crippen molar-refractivity contribution >= 4 is 17.7 Å². The van der Waals surface area contributed by atoms with Crippen molar-refractivity contribution in [3.63, 3.8) is 0 Å². The molecule has 3 heterocycles. The molecule has 2 aromatic rings. The number of likely N-dealkylation sites (tertiary alicyclic amines) is 1. The fraction of sp³-hybridized carbons (Fsp3) is 0.444. The fourth-order valence-corrected chi connectivity index (χ4v) is 5.38. The molecule has 37 heavy (non-hydrogen) atoms. The molecule has 5 rings (SSSR count). The van der Waals surface area contributed by atoms with Crippen LogP contribution in [0.15, 0.2) is 42.5 Å². The Hall–Kier alpha value is -3.40. The lowest BCUT2D eigenvalue weighted by atomic mass is 10.0. The van der Waals surface area contributed by atoms with Crippen molar-refractivity contribution in [3.05, 3.63) is 64.7 Å². The first kappa shape index (κ1) is 25.3. The van der Waals surface area contributed by atoms with E-state index in [1.165, 1.54) is 9.80 Å². The van der Waals surface area contributed by atoms with Gasteiger partial charge in [0.15, 0.2) is 0 Å². The number of ether oxygens (including phenoxy) is 1. The monoisotopic (exact) mass is 515 g/mol. The third-order valence-corrected chi connectivity index (χ3v) is 7.33. The van der Waals surface area contributed by atoms with Gasteiger partial charge in [0.25, 0.3) is 5.91 Å². The van der Waals surface area contributed by atoms with E-state index in [9.17, 15) is 27.6 Å². The molecular formula is C27H28F3N3O4. The molecule has 3 amide bonds. The summed E-state index contributed by atoms with van der Waals surface area (Å²) in [6.07, 6.45) is -2.25. The van der Waals surface area contributed by atoms with Crippen LogP contribution in [0.5, 0.6) is 5.75 Å². The summed E-state index contributed by atoms with van der Waals surface area (Å²) in [5.41, 5.74) is 2.82. The highest BCUT2D eigenvalue weighted by atomic mass is 19.4. The third kappa shape index (κ3) is 5.34. The van der Waals surface area contributed by atoms with Gasteiger partial charge >= 0.3 is 6.18 Å². The molecule has 0 aromatic heterocycles. The Morgan fingerprint density at radius 3 is 2.46 bits per heavy atom. The second-order valence-electron chi connectivity index (χ2n) is 9.81. The van der Waals surface area contributed by atoms with Crippen molar-refractivity contribution < 1.29 is 32.3 Å². The maximum absolute atomic E-state index is 13.4. The number of alkyl halides is 3. The molecule has 0 radical (unpaired) electrons. The lowest BCUT2D eigenvalue weighted by Crippen LogP contribution is -2.52. The molecule has 196 valence electrons. The number of carbonyl (C=O) groups excluding carboxylic acids is 3. The summed E-state index contributed by atoms with van der Waals surface area (Å²) in [7, 11) is 0. The van der Waals surface area contributed by atoms with Gasteiger partial charge in [0.2, 0.25) is 11.8 Å². The van der Waals surface area contributed by atoms with Crippen molar-refractivity contribution in [1.29, 1.82) is 0 Å². The van der Waals surface area contributed by atoms with Gasteiger partial charge in [-0.05, 0) is 49.1 Å². The Morgan fingerprint density at radius 1 is 0.973 bits per heavy atom. The van der Waals surface area contributed by atoms with Crippen LogP contribution in [0.4, 0.5) is 13.2 Å². The number of halogens is 3. The lowest BCUT2D eigenvalue weighted by Gasteiger charge is -2.36. The topological polar surface area (TPSA) is 79.0 Å². The van der Waals surface area contributed by atoms with Crippen molar-refractivity contribution in [2.24, 2.45) is 0 Å². The molecule has 1 N–H and O–H groups in total. The first-order valence-electron chi connectivity index (χ1n) is 12.5. The number of rotatable bonds is 6. The van der Waals surface area contributed by atoms with Gasteiger partial charge < -0.3 is 9.64 Å².